The quantitative estimate of drug-likeness (QED) is 0.909. The fourth-order valence-electron chi connectivity index (χ4n) is 2.41. The van der Waals surface area contributed by atoms with E-state index >= 15 is 0 Å². The number of nitrogens with zero attached hydrogens (tertiary/aromatic N) is 3. The van der Waals surface area contributed by atoms with E-state index in [0.717, 1.165) is 37.6 Å². The Balaban J connectivity index is 1.80. The van der Waals surface area contributed by atoms with Gasteiger partial charge in [0.05, 0.1) is 18.1 Å². The van der Waals surface area contributed by atoms with Crippen molar-refractivity contribution in [3.63, 3.8) is 0 Å². The Morgan fingerprint density at radius 2 is 2.11 bits per heavy atom. The maximum absolute atomic E-state index is 4.54. The minimum atomic E-state index is 0.778. The Morgan fingerprint density at radius 1 is 1.21 bits per heavy atom. The van der Waals surface area contributed by atoms with Crippen molar-refractivity contribution in [1.82, 2.24) is 15.3 Å². The van der Waals surface area contributed by atoms with Crippen molar-refractivity contribution in [1.29, 1.82) is 0 Å². The number of rotatable bonds is 4. The number of fused-ring (bicyclic) bond motifs is 1. The largest absolute Gasteiger partial charge is 0.325 e. The lowest BCUT2D eigenvalue weighted by atomic mass is 10.2. The van der Waals surface area contributed by atoms with E-state index in [-0.39, 0.29) is 0 Å². The molecule has 2 aromatic rings. The van der Waals surface area contributed by atoms with Crippen LogP contribution in [-0.2, 0) is 13.0 Å². The molecule has 19 heavy (non-hydrogen) atoms. The molecule has 0 aliphatic carbocycles. The number of benzene rings is 1. The van der Waals surface area contributed by atoms with E-state index < -0.39 is 0 Å². The molecular formula is C15H18N4. The van der Waals surface area contributed by atoms with Gasteiger partial charge in [0.1, 0.15) is 0 Å². The average molecular weight is 254 g/mol. The zero-order valence-corrected chi connectivity index (χ0v) is 11.1. The molecule has 1 aliphatic rings. The van der Waals surface area contributed by atoms with Crippen molar-refractivity contribution in [3.8, 4) is 0 Å². The van der Waals surface area contributed by atoms with Crippen molar-refractivity contribution in [2.24, 2.45) is 0 Å². The molecule has 0 fully saturated rings. The lowest BCUT2D eigenvalue weighted by Gasteiger charge is -2.17. The average Bonchev–Trinajstić information content (AvgIpc) is 2.90. The van der Waals surface area contributed by atoms with Crippen molar-refractivity contribution in [3.05, 3.63) is 47.9 Å². The van der Waals surface area contributed by atoms with Crippen LogP contribution in [-0.4, -0.2) is 23.1 Å². The summed E-state index contributed by atoms with van der Waals surface area (Å²) in [4.78, 5) is 11.2. The maximum Gasteiger partial charge on any atom is 0.151 e. The van der Waals surface area contributed by atoms with Crippen LogP contribution in [0, 0.1) is 0 Å². The van der Waals surface area contributed by atoms with Gasteiger partial charge in [-0.1, -0.05) is 25.1 Å². The highest BCUT2D eigenvalue weighted by Gasteiger charge is 2.20. The molecule has 0 bridgehead atoms. The third-order valence-corrected chi connectivity index (χ3v) is 3.41. The van der Waals surface area contributed by atoms with Crippen LogP contribution >= 0.6 is 0 Å². The summed E-state index contributed by atoms with van der Waals surface area (Å²) in [5.74, 6) is 0.935. The van der Waals surface area contributed by atoms with Gasteiger partial charge in [-0.05, 0) is 24.6 Å². The van der Waals surface area contributed by atoms with Crippen LogP contribution in [0.1, 0.15) is 18.2 Å². The zero-order chi connectivity index (χ0) is 13.1. The highest BCUT2D eigenvalue weighted by atomic mass is 15.2. The Labute approximate surface area is 113 Å². The monoisotopic (exact) mass is 254 g/mol. The summed E-state index contributed by atoms with van der Waals surface area (Å²) >= 11 is 0. The van der Waals surface area contributed by atoms with E-state index in [9.17, 15) is 0 Å². The van der Waals surface area contributed by atoms with Gasteiger partial charge in [0.15, 0.2) is 5.82 Å². The molecule has 1 aromatic carbocycles. The predicted octanol–water partition coefficient (Wildman–Crippen LogP) is 2.28. The molecular weight excluding hydrogens is 236 g/mol. The molecule has 3 rings (SSSR count). The van der Waals surface area contributed by atoms with E-state index in [1.165, 1.54) is 11.3 Å². The van der Waals surface area contributed by atoms with E-state index in [1.807, 2.05) is 12.4 Å². The number of para-hydroxylation sites is 1. The van der Waals surface area contributed by atoms with Crippen LogP contribution in [0.15, 0.2) is 36.7 Å². The first-order valence-electron chi connectivity index (χ1n) is 6.75. The van der Waals surface area contributed by atoms with Gasteiger partial charge < -0.3 is 10.2 Å². The molecule has 0 unspecified atom stereocenters. The predicted molar refractivity (Wildman–Crippen MR) is 76.6 cm³/mol. The van der Waals surface area contributed by atoms with Crippen LogP contribution in [0.4, 0.5) is 11.5 Å². The molecule has 1 aliphatic heterocycles. The summed E-state index contributed by atoms with van der Waals surface area (Å²) < 4.78 is 0. The number of aromatic nitrogens is 2. The van der Waals surface area contributed by atoms with Crippen molar-refractivity contribution >= 4 is 11.5 Å². The summed E-state index contributed by atoms with van der Waals surface area (Å²) in [5.41, 5.74) is 3.63. The van der Waals surface area contributed by atoms with E-state index in [0.29, 0.717) is 0 Å². The first-order valence-corrected chi connectivity index (χ1v) is 6.75. The minimum absolute atomic E-state index is 0.778. The summed E-state index contributed by atoms with van der Waals surface area (Å²) in [6.07, 6.45) is 4.81. The molecule has 0 spiro atoms. The fraction of sp³-hybridized carbons (Fsp3) is 0.333. The van der Waals surface area contributed by atoms with E-state index in [1.54, 1.807) is 0 Å². The Bertz CT molecular complexity index is 550. The highest BCUT2D eigenvalue weighted by molar-refractivity contribution is 5.66. The third-order valence-electron chi connectivity index (χ3n) is 3.41. The van der Waals surface area contributed by atoms with Crippen LogP contribution in [0.2, 0.25) is 0 Å². The molecule has 1 aromatic heterocycles. The molecule has 0 atom stereocenters. The second-order valence-electron chi connectivity index (χ2n) is 4.68. The molecule has 4 heteroatoms. The summed E-state index contributed by atoms with van der Waals surface area (Å²) in [7, 11) is 0. The minimum Gasteiger partial charge on any atom is -0.325 e. The standard InChI is InChI=1S/C15H18N4/c1-2-16-9-13-10-18-15(11-17-13)19-8-7-12-5-3-4-6-14(12)19/h3-6,10-11,16H,2,7-9H2,1H3. The molecule has 4 nitrogen and oxygen atoms in total. The molecule has 2 heterocycles. The summed E-state index contributed by atoms with van der Waals surface area (Å²) in [5, 5.41) is 3.25. The fourth-order valence-corrected chi connectivity index (χ4v) is 2.41. The normalized spacial score (nSPS) is 13.6. The number of hydrogen-bond acceptors (Lipinski definition) is 4. The number of anilines is 2. The van der Waals surface area contributed by atoms with Crippen LogP contribution < -0.4 is 10.2 Å². The molecule has 0 amide bonds. The highest BCUT2D eigenvalue weighted by Crippen LogP contribution is 2.32. The molecule has 98 valence electrons. The maximum atomic E-state index is 4.54. The van der Waals surface area contributed by atoms with Crippen LogP contribution in [0.5, 0.6) is 0 Å². The van der Waals surface area contributed by atoms with Gasteiger partial charge in [-0.15, -0.1) is 0 Å². The number of nitrogens with one attached hydrogen (secondary N) is 1. The second-order valence-corrected chi connectivity index (χ2v) is 4.68. The zero-order valence-electron chi connectivity index (χ0n) is 11.1. The van der Waals surface area contributed by atoms with Gasteiger partial charge >= 0.3 is 0 Å². The van der Waals surface area contributed by atoms with Crippen molar-refractivity contribution in [2.45, 2.75) is 19.9 Å². The van der Waals surface area contributed by atoms with Gasteiger partial charge in [-0.25, -0.2) is 4.98 Å². The first-order chi connectivity index (χ1) is 9.38. The lowest BCUT2D eigenvalue weighted by Crippen LogP contribution is -2.17. The van der Waals surface area contributed by atoms with E-state index in [2.05, 4.69) is 51.4 Å². The van der Waals surface area contributed by atoms with Gasteiger partial charge in [-0.2, -0.15) is 0 Å². The third kappa shape index (κ3) is 2.44. The SMILES string of the molecule is CCNCc1cnc(N2CCc3ccccc32)cn1. The first kappa shape index (κ1) is 12.1. The van der Waals surface area contributed by atoms with Crippen LogP contribution in [0.3, 0.4) is 0 Å². The molecule has 0 saturated carbocycles. The molecule has 0 radical (unpaired) electrons. The molecule has 1 N–H and O–H groups in total. The lowest BCUT2D eigenvalue weighted by molar-refractivity contribution is 0.706. The topological polar surface area (TPSA) is 41.1 Å². The van der Waals surface area contributed by atoms with Gasteiger partial charge in [0.25, 0.3) is 0 Å². The Kier molecular flexibility index (Phi) is 3.42. The van der Waals surface area contributed by atoms with Gasteiger partial charge in [0, 0.05) is 18.8 Å². The molecule has 0 saturated heterocycles. The van der Waals surface area contributed by atoms with Gasteiger partial charge in [-0.3, -0.25) is 4.98 Å². The summed E-state index contributed by atoms with van der Waals surface area (Å²) in [6, 6.07) is 8.50. The van der Waals surface area contributed by atoms with Crippen molar-refractivity contribution < 1.29 is 0 Å². The smallest absolute Gasteiger partial charge is 0.151 e. The Morgan fingerprint density at radius 3 is 2.89 bits per heavy atom. The number of hydrogen-bond donors (Lipinski definition) is 1. The second kappa shape index (κ2) is 5.36. The van der Waals surface area contributed by atoms with Gasteiger partial charge in [0.2, 0.25) is 0 Å². The van der Waals surface area contributed by atoms with Crippen molar-refractivity contribution in [2.75, 3.05) is 18.0 Å². The van der Waals surface area contributed by atoms with Crippen LogP contribution in [0.25, 0.3) is 0 Å². The summed E-state index contributed by atoms with van der Waals surface area (Å²) in [6.45, 7) is 4.80. The van der Waals surface area contributed by atoms with E-state index in [4.69, 9.17) is 0 Å². The Hall–Kier alpha value is -1.94.